The summed E-state index contributed by atoms with van der Waals surface area (Å²) in [6.07, 6.45) is 6.39. The summed E-state index contributed by atoms with van der Waals surface area (Å²) in [6, 6.07) is 15.4. The molecule has 2 amide bonds. The van der Waals surface area contributed by atoms with Crippen LogP contribution in [-0.4, -0.2) is 59.9 Å². The summed E-state index contributed by atoms with van der Waals surface area (Å²) in [5.41, 5.74) is 3.91. The first-order valence-electron chi connectivity index (χ1n) is 16.9. The van der Waals surface area contributed by atoms with Gasteiger partial charge in [-0.05, 0) is 92.4 Å². The molecule has 1 aliphatic carbocycles. The first kappa shape index (κ1) is 34.5. The van der Waals surface area contributed by atoms with Gasteiger partial charge in [-0.2, -0.15) is 0 Å². The van der Waals surface area contributed by atoms with E-state index in [9.17, 15) is 13.2 Å². The van der Waals surface area contributed by atoms with E-state index in [1.165, 1.54) is 7.11 Å². The molecular weight excluding hydrogens is 643 g/mol. The number of pyridine rings is 1. The number of sulfonamides is 1. The number of urea groups is 1. The molecule has 2 aliphatic rings. The van der Waals surface area contributed by atoms with Gasteiger partial charge in [0.1, 0.15) is 11.9 Å². The number of anilines is 2. The highest BCUT2D eigenvalue weighted by Crippen LogP contribution is 2.41. The lowest BCUT2D eigenvalue weighted by Gasteiger charge is -2.32. The largest absolute Gasteiger partial charge is 0.492 e. The highest BCUT2D eigenvalue weighted by Gasteiger charge is 2.33. The zero-order chi connectivity index (χ0) is 35.1. The Bertz CT molecular complexity index is 1950. The van der Waals surface area contributed by atoms with Gasteiger partial charge in [-0.1, -0.05) is 45.0 Å². The van der Waals surface area contributed by atoms with Crippen molar-refractivity contribution < 1.29 is 22.7 Å². The van der Waals surface area contributed by atoms with Crippen molar-refractivity contribution in [2.75, 3.05) is 29.9 Å². The molecule has 0 spiro atoms. The fourth-order valence-electron chi connectivity index (χ4n) is 7.02. The van der Waals surface area contributed by atoms with E-state index in [2.05, 4.69) is 48.7 Å². The van der Waals surface area contributed by atoms with E-state index in [1.54, 1.807) is 6.07 Å². The van der Waals surface area contributed by atoms with Crippen molar-refractivity contribution >= 4 is 33.1 Å². The van der Waals surface area contributed by atoms with Crippen molar-refractivity contribution in [3.63, 3.8) is 0 Å². The molecular formula is C36H47N7O5S. The van der Waals surface area contributed by atoms with Gasteiger partial charge in [-0.15, -0.1) is 10.2 Å². The monoisotopic (exact) mass is 689 g/mol. The summed E-state index contributed by atoms with van der Waals surface area (Å²) >= 11 is 0. The molecule has 0 bridgehead atoms. The molecule has 1 saturated heterocycles. The van der Waals surface area contributed by atoms with Crippen LogP contribution in [0.5, 0.6) is 11.5 Å². The fourth-order valence-corrected chi connectivity index (χ4v) is 7.58. The molecule has 0 unspecified atom stereocenters. The summed E-state index contributed by atoms with van der Waals surface area (Å²) in [4.78, 5) is 16.0. The maximum absolute atomic E-state index is 13.5. The highest BCUT2D eigenvalue weighted by molar-refractivity contribution is 7.92. The third-order valence-electron chi connectivity index (χ3n) is 9.38. The number of likely N-dealkylation sites (tertiary alicyclic amines) is 1. The molecule has 262 valence electrons. The van der Waals surface area contributed by atoms with Crippen LogP contribution in [0.15, 0.2) is 54.7 Å². The molecule has 49 heavy (non-hydrogen) atoms. The molecule has 1 aliphatic heterocycles. The van der Waals surface area contributed by atoms with Crippen LogP contribution in [0.4, 0.5) is 16.2 Å². The maximum atomic E-state index is 13.5. The fraction of sp³-hybridized carbons (Fsp3) is 0.472. The van der Waals surface area contributed by atoms with Gasteiger partial charge in [0.05, 0.1) is 43.0 Å². The zero-order valence-corrected chi connectivity index (χ0v) is 30.1. The minimum atomic E-state index is -3.60. The lowest BCUT2D eigenvalue weighted by molar-refractivity contribution is 0.171. The summed E-state index contributed by atoms with van der Waals surface area (Å²) in [5.74, 6) is 1.90. The molecule has 3 heterocycles. The van der Waals surface area contributed by atoms with Crippen molar-refractivity contribution in [3.05, 3.63) is 77.2 Å². The predicted octanol–water partition coefficient (Wildman–Crippen LogP) is 6.73. The van der Waals surface area contributed by atoms with Crippen LogP contribution >= 0.6 is 0 Å². The Morgan fingerprint density at radius 3 is 2.43 bits per heavy atom. The third-order valence-corrected chi connectivity index (χ3v) is 9.97. The van der Waals surface area contributed by atoms with Crippen molar-refractivity contribution in [2.45, 2.75) is 89.9 Å². The molecule has 0 saturated carbocycles. The number of hydrogen-bond donors (Lipinski definition) is 3. The van der Waals surface area contributed by atoms with E-state index in [-0.39, 0.29) is 35.0 Å². The summed E-state index contributed by atoms with van der Waals surface area (Å²) in [6.45, 7) is 11.5. The number of nitrogens with one attached hydrogen (secondary N) is 3. The number of carbonyl (C=O) groups excluding carboxylic acids is 1. The summed E-state index contributed by atoms with van der Waals surface area (Å²) < 4.78 is 41.1. The van der Waals surface area contributed by atoms with Gasteiger partial charge in [-0.25, -0.2) is 13.2 Å². The molecule has 6 rings (SSSR count). The number of hydrogen-bond acceptors (Lipinski definition) is 8. The molecule has 1 fully saturated rings. The van der Waals surface area contributed by atoms with Crippen LogP contribution in [0, 0.1) is 0 Å². The number of benzene rings is 2. The van der Waals surface area contributed by atoms with Gasteiger partial charge in [0.15, 0.2) is 17.2 Å². The van der Waals surface area contributed by atoms with Gasteiger partial charge in [0.25, 0.3) is 0 Å². The molecule has 3 N–H and O–H groups in total. The molecule has 2 aromatic carbocycles. The molecule has 2 aromatic heterocycles. The molecule has 0 radical (unpaired) electrons. The van der Waals surface area contributed by atoms with Gasteiger partial charge >= 0.3 is 6.03 Å². The second kappa shape index (κ2) is 13.5. The normalized spacial score (nSPS) is 19.9. The van der Waals surface area contributed by atoms with Crippen molar-refractivity contribution in [3.8, 4) is 11.5 Å². The van der Waals surface area contributed by atoms with Gasteiger partial charge in [-0.3, -0.25) is 14.0 Å². The second-order valence-electron chi connectivity index (χ2n) is 14.3. The number of ether oxygens (including phenoxy) is 2. The van der Waals surface area contributed by atoms with Crippen LogP contribution in [-0.2, 0) is 15.4 Å². The topological polar surface area (TPSA) is 139 Å². The number of amides is 2. The minimum Gasteiger partial charge on any atom is -0.492 e. The van der Waals surface area contributed by atoms with Gasteiger partial charge in [0.2, 0.25) is 10.0 Å². The smallest absolute Gasteiger partial charge is 0.319 e. The summed E-state index contributed by atoms with van der Waals surface area (Å²) in [5, 5.41) is 15.1. The van der Waals surface area contributed by atoms with E-state index >= 15 is 0 Å². The zero-order valence-electron chi connectivity index (χ0n) is 29.3. The van der Waals surface area contributed by atoms with E-state index < -0.39 is 16.1 Å². The van der Waals surface area contributed by atoms with E-state index in [0.29, 0.717) is 24.6 Å². The second-order valence-corrected chi connectivity index (χ2v) is 16.1. The lowest BCUT2D eigenvalue weighted by atomic mass is 9.85. The van der Waals surface area contributed by atoms with Gasteiger partial charge in [0, 0.05) is 6.04 Å². The van der Waals surface area contributed by atoms with E-state index in [0.717, 1.165) is 59.6 Å². The first-order chi connectivity index (χ1) is 23.2. The average molecular weight is 690 g/mol. The van der Waals surface area contributed by atoms with E-state index in [1.807, 2.05) is 69.4 Å². The molecule has 3 atom stereocenters. The Morgan fingerprint density at radius 2 is 1.73 bits per heavy atom. The number of carbonyl (C=O) groups is 1. The van der Waals surface area contributed by atoms with Crippen LogP contribution < -0.4 is 24.8 Å². The first-order valence-corrected chi connectivity index (χ1v) is 18.7. The van der Waals surface area contributed by atoms with Crippen molar-refractivity contribution in [2.24, 2.45) is 0 Å². The van der Waals surface area contributed by atoms with E-state index in [4.69, 9.17) is 9.47 Å². The highest BCUT2D eigenvalue weighted by atomic mass is 32.2. The Labute approximate surface area is 288 Å². The molecule has 12 nitrogen and oxygen atoms in total. The number of methoxy groups -OCH3 is 1. The Balaban J connectivity index is 1.21. The van der Waals surface area contributed by atoms with Crippen LogP contribution in [0.3, 0.4) is 0 Å². The Hall–Kier alpha value is -4.36. The lowest BCUT2D eigenvalue weighted by Crippen LogP contribution is -2.35. The molecule has 13 heteroatoms. The average Bonchev–Trinajstić information content (AvgIpc) is 3.68. The summed E-state index contributed by atoms with van der Waals surface area (Å²) in [7, 11) is -2.16. The SMILES string of the molecule is COc1c(NC(=O)N[C@H]2CC[C@@H](Oc3ccc4nnc([C@@H]5CCCN5C(C)C)n4c3)c3ccccc32)cc(C(C)(C)C)cc1NS(C)(=O)=O. The quantitative estimate of drug-likeness (QED) is 0.176. The minimum absolute atomic E-state index is 0.207. The third kappa shape index (κ3) is 7.47. The standard InChI is InChI=1S/C36H47N7O5S/c1-22(2)42-18-10-13-30(42)34-40-39-32-17-14-24(21-43(32)34)48-31-16-15-27(25-11-8-9-12-26(25)31)37-35(44)38-28-19-23(36(3,4)5)20-29(33(28)47-6)41-49(7,45)46/h8-9,11-12,14,17,19-22,27,30-31,41H,10,13,15-16,18H2,1-7H3,(H2,37,38,44)/t27-,30-,31+/m0/s1. The van der Waals surface area contributed by atoms with Crippen LogP contribution in [0.25, 0.3) is 5.65 Å². The maximum Gasteiger partial charge on any atom is 0.319 e. The predicted molar refractivity (Wildman–Crippen MR) is 191 cm³/mol. The number of aromatic nitrogens is 3. The van der Waals surface area contributed by atoms with Crippen LogP contribution in [0.1, 0.15) is 101 Å². The Kier molecular flexibility index (Phi) is 9.51. The number of rotatable bonds is 9. The molecule has 4 aromatic rings. The number of fused-ring (bicyclic) bond motifs is 2. The van der Waals surface area contributed by atoms with Crippen molar-refractivity contribution in [1.82, 2.24) is 24.8 Å². The van der Waals surface area contributed by atoms with Gasteiger partial charge < -0.3 is 20.1 Å². The van der Waals surface area contributed by atoms with Crippen molar-refractivity contribution in [1.29, 1.82) is 0 Å². The Morgan fingerprint density at radius 1 is 1.00 bits per heavy atom. The number of nitrogens with zero attached hydrogens (tertiary/aromatic N) is 4. The van der Waals surface area contributed by atoms with Crippen LogP contribution in [0.2, 0.25) is 0 Å².